The molecule has 2 aromatic rings. The first-order valence-electron chi connectivity index (χ1n) is 9.93. The van der Waals surface area contributed by atoms with Crippen LogP contribution in [0.25, 0.3) is 0 Å². The van der Waals surface area contributed by atoms with E-state index in [9.17, 15) is 4.39 Å². The lowest BCUT2D eigenvalue weighted by atomic mass is 9.53. The standard InChI is InChI=1S/C23H29FN2/c1-6-22(3)17-14-16(24)12-13-18(17)26-15-25(5,21(26)23(22,4)7-2)19-10-8-9-11-20(19)26/h8-14,21H,6-7,15H2,1-5H3/q+2. The van der Waals surface area contributed by atoms with Crippen molar-refractivity contribution < 1.29 is 4.39 Å². The van der Waals surface area contributed by atoms with Gasteiger partial charge >= 0.3 is 0 Å². The molecule has 26 heavy (non-hydrogen) atoms. The van der Waals surface area contributed by atoms with Crippen molar-refractivity contribution in [3.63, 3.8) is 0 Å². The summed E-state index contributed by atoms with van der Waals surface area (Å²) in [5.74, 6) is -0.108. The van der Waals surface area contributed by atoms with Gasteiger partial charge in [-0.15, -0.1) is 0 Å². The second-order valence-electron chi connectivity index (χ2n) is 9.26. The van der Waals surface area contributed by atoms with Crippen LogP contribution < -0.4 is 8.97 Å². The summed E-state index contributed by atoms with van der Waals surface area (Å²) >= 11 is 0. The fourth-order valence-corrected chi connectivity index (χ4v) is 7.12. The lowest BCUT2D eigenvalue weighted by molar-refractivity contribution is -0.130. The highest BCUT2D eigenvalue weighted by Gasteiger charge is 2.84. The lowest BCUT2D eigenvalue weighted by Crippen LogP contribution is -2.87. The number of halogens is 1. The van der Waals surface area contributed by atoms with E-state index in [1.54, 1.807) is 6.07 Å². The zero-order valence-electron chi connectivity index (χ0n) is 16.5. The van der Waals surface area contributed by atoms with E-state index in [1.165, 1.54) is 22.6 Å². The van der Waals surface area contributed by atoms with E-state index in [1.807, 2.05) is 6.07 Å². The molecule has 5 unspecified atom stereocenters. The van der Waals surface area contributed by atoms with Gasteiger partial charge in [0.25, 0.3) is 0 Å². The van der Waals surface area contributed by atoms with E-state index in [-0.39, 0.29) is 16.6 Å². The summed E-state index contributed by atoms with van der Waals surface area (Å²) in [5.41, 5.74) is 5.48. The minimum Gasteiger partial charge on any atom is -0.207 e. The maximum absolute atomic E-state index is 14.4. The third-order valence-corrected chi connectivity index (χ3v) is 8.59. The van der Waals surface area contributed by atoms with Gasteiger partial charge < -0.3 is 0 Å². The highest BCUT2D eigenvalue weighted by Crippen LogP contribution is 2.73. The number of fused-ring (bicyclic) bond motifs is 3. The summed E-state index contributed by atoms with van der Waals surface area (Å²) in [4.78, 5) is 0. The molecule has 136 valence electrons. The van der Waals surface area contributed by atoms with Crippen molar-refractivity contribution in [3.05, 3.63) is 53.8 Å². The predicted octanol–water partition coefficient (Wildman–Crippen LogP) is 5.81. The van der Waals surface area contributed by atoms with Crippen LogP contribution in [0.5, 0.6) is 0 Å². The molecule has 0 aromatic heterocycles. The fraction of sp³-hybridized carbons (Fsp3) is 0.478. The van der Waals surface area contributed by atoms with Crippen LogP contribution in [0.4, 0.5) is 21.5 Å². The Labute approximate surface area is 156 Å². The van der Waals surface area contributed by atoms with Gasteiger partial charge in [-0.3, -0.25) is 0 Å². The van der Waals surface area contributed by atoms with Crippen LogP contribution in [0.2, 0.25) is 0 Å². The highest BCUT2D eigenvalue weighted by molar-refractivity contribution is 5.85. The van der Waals surface area contributed by atoms with Crippen molar-refractivity contribution in [3.8, 4) is 0 Å². The molecule has 3 heteroatoms. The van der Waals surface area contributed by atoms with Crippen LogP contribution in [0.15, 0.2) is 42.5 Å². The van der Waals surface area contributed by atoms with Crippen molar-refractivity contribution >= 4 is 17.1 Å². The first kappa shape index (κ1) is 16.5. The number of quaternary nitrogens is 2. The molecular weight excluding hydrogens is 323 g/mol. The zero-order chi connectivity index (χ0) is 18.5. The topological polar surface area (TPSA) is 0 Å². The van der Waals surface area contributed by atoms with Crippen molar-refractivity contribution in [2.24, 2.45) is 5.41 Å². The molecule has 3 aliphatic heterocycles. The number of hydrogen-bond acceptors (Lipinski definition) is 0. The average molecular weight is 352 g/mol. The molecule has 2 nitrogen and oxygen atoms in total. The van der Waals surface area contributed by atoms with Gasteiger partial charge in [-0.1, -0.05) is 32.9 Å². The Morgan fingerprint density at radius 3 is 2.35 bits per heavy atom. The summed E-state index contributed by atoms with van der Waals surface area (Å²) in [6.07, 6.45) is 2.59. The Bertz CT molecular complexity index is 940. The fourth-order valence-electron chi connectivity index (χ4n) is 7.12. The van der Waals surface area contributed by atoms with Crippen LogP contribution >= 0.6 is 0 Å². The van der Waals surface area contributed by atoms with Crippen LogP contribution in [0, 0.1) is 11.2 Å². The normalized spacial score (nSPS) is 41.8. The third-order valence-electron chi connectivity index (χ3n) is 8.59. The van der Waals surface area contributed by atoms with E-state index >= 15 is 0 Å². The van der Waals surface area contributed by atoms with Crippen molar-refractivity contribution in [1.29, 1.82) is 0 Å². The number of para-hydroxylation sites is 2. The number of rotatable bonds is 2. The summed E-state index contributed by atoms with van der Waals surface area (Å²) < 4.78 is 16.3. The van der Waals surface area contributed by atoms with E-state index in [2.05, 4.69) is 65.1 Å². The van der Waals surface area contributed by atoms with Crippen molar-refractivity contribution in [2.45, 2.75) is 52.1 Å². The van der Waals surface area contributed by atoms with Gasteiger partial charge in [0.05, 0.1) is 12.5 Å². The zero-order valence-corrected chi connectivity index (χ0v) is 16.5. The molecule has 0 aliphatic carbocycles. The average Bonchev–Trinajstić information content (AvgIpc) is 3.02. The molecule has 2 aromatic carbocycles. The quantitative estimate of drug-likeness (QED) is 0.598. The lowest BCUT2D eigenvalue weighted by Gasteiger charge is -2.65. The number of nitrogens with zero attached hydrogens (tertiary/aromatic N) is 2. The minimum atomic E-state index is -0.108. The van der Waals surface area contributed by atoms with Gasteiger partial charge in [-0.05, 0) is 31.9 Å². The minimum absolute atomic E-state index is 0.0342. The monoisotopic (exact) mass is 352 g/mol. The van der Waals surface area contributed by atoms with Gasteiger partial charge in [0.1, 0.15) is 5.82 Å². The molecule has 0 saturated carbocycles. The third kappa shape index (κ3) is 1.39. The Balaban J connectivity index is 1.92. The molecule has 0 N–H and O–H groups in total. The Morgan fingerprint density at radius 2 is 1.69 bits per heavy atom. The Kier molecular flexibility index (Phi) is 2.90. The van der Waals surface area contributed by atoms with Crippen molar-refractivity contribution in [1.82, 2.24) is 8.97 Å². The van der Waals surface area contributed by atoms with Crippen LogP contribution in [-0.4, -0.2) is 19.9 Å². The number of benzene rings is 2. The predicted molar refractivity (Wildman–Crippen MR) is 107 cm³/mol. The summed E-state index contributed by atoms with van der Waals surface area (Å²) in [7, 11) is 2.41. The summed E-state index contributed by atoms with van der Waals surface area (Å²) in [5, 5.41) is 0. The number of hydrogen-bond donors (Lipinski definition) is 0. The summed E-state index contributed by atoms with van der Waals surface area (Å²) in [6.45, 7) is 10.5. The molecule has 1 fully saturated rings. The Morgan fingerprint density at radius 1 is 1.00 bits per heavy atom. The van der Waals surface area contributed by atoms with Gasteiger partial charge in [-0.2, -0.15) is 8.97 Å². The van der Waals surface area contributed by atoms with Crippen LogP contribution in [0.3, 0.4) is 0 Å². The second-order valence-corrected chi connectivity index (χ2v) is 9.26. The molecule has 0 spiro atoms. The maximum atomic E-state index is 14.4. The molecule has 0 amide bonds. The van der Waals surface area contributed by atoms with Crippen LogP contribution in [-0.2, 0) is 5.41 Å². The summed E-state index contributed by atoms with van der Waals surface area (Å²) in [6, 6.07) is 14.5. The molecular formula is C23H29FN2+2. The van der Waals surface area contributed by atoms with E-state index < -0.39 is 0 Å². The first-order chi connectivity index (χ1) is 12.3. The van der Waals surface area contributed by atoms with E-state index in [4.69, 9.17) is 0 Å². The first-order valence-corrected chi connectivity index (χ1v) is 9.93. The molecule has 5 atom stereocenters. The molecule has 3 aliphatic rings. The Hall–Kier alpha value is -1.71. The van der Waals surface area contributed by atoms with Gasteiger partial charge in [0, 0.05) is 29.2 Å². The SMILES string of the molecule is CCC1(C)c2cc(F)ccc2[N+]23C[N+](C)(c4ccccc42)C3C1(C)CC. The molecule has 5 rings (SSSR count). The smallest absolute Gasteiger partial charge is 0.207 e. The highest BCUT2D eigenvalue weighted by atomic mass is 19.1. The van der Waals surface area contributed by atoms with E-state index in [0.29, 0.717) is 6.17 Å². The molecule has 3 heterocycles. The largest absolute Gasteiger partial charge is 0.246 e. The molecule has 2 bridgehead atoms. The molecule has 1 saturated heterocycles. The maximum Gasteiger partial charge on any atom is 0.246 e. The van der Waals surface area contributed by atoms with Gasteiger partial charge in [0.15, 0.2) is 5.69 Å². The van der Waals surface area contributed by atoms with Gasteiger partial charge in [0.2, 0.25) is 24.2 Å². The van der Waals surface area contributed by atoms with E-state index in [0.717, 1.165) is 28.5 Å². The molecule has 0 radical (unpaired) electrons. The van der Waals surface area contributed by atoms with Gasteiger partial charge in [-0.25, -0.2) is 4.39 Å². The van der Waals surface area contributed by atoms with Crippen molar-refractivity contribution in [2.75, 3.05) is 13.7 Å². The second kappa shape index (κ2) is 4.58. The van der Waals surface area contributed by atoms with Crippen LogP contribution in [0.1, 0.15) is 46.1 Å².